The zero-order chi connectivity index (χ0) is 14.4. The van der Waals surface area contributed by atoms with Gasteiger partial charge in [-0.3, -0.25) is 0 Å². The fourth-order valence-corrected chi connectivity index (χ4v) is 3.69. The Morgan fingerprint density at radius 3 is 2.65 bits per heavy atom. The van der Waals surface area contributed by atoms with E-state index in [2.05, 4.69) is 37.0 Å². The average Bonchev–Trinajstić information content (AvgIpc) is 2.44. The van der Waals surface area contributed by atoms with Crippen LogP contribution in [0.1, 0.15) is 52.4 Å². The molecule has 0 aromatic rings. The number of hydrogen-bond donors (Lipinski definition) is 1. The highest BCUT2D eigenvalue weighted by atomic mass is 15.1. The van der Waals surface area contributed by atoms with Gasteiger partial charge in [-0.25, -0.2) is 0 Å². The van der Waals surface area contributed by atoms with Crippen molar-refractivity contribution in [3.8, 4) is 0 Å². The third-order valence-corrected chi connectivity index (χ3v) is 4.98. The molecule has 0 spiro atoms. The van der Waals surface area contributed by atoms with E-state index in [0.29, 0.717) is 5.41 Å². The molecule has 1 aliphatic heterocycles. The lowest BCUT2D eigenvalue weighted by molar-refractivity contribution is 0.158. The number of rotatable bonds is 6. The summed E-state index contributed by atoms with van der Waals surface area (Å²) in [7, 11) is 0. The molecule has 20 heavy (non-hydrogen) atoms. The highest BCUT2D eigenvalue weighted by Gasteiger charge is 2.28. The Morgan fingerprint density at radius 1 is 1.35 bits per heavy atom. The van der Waals surface area contributed by atoms with Gasteiger partial charge in [-0.1, -0.05) is 44.1 Å². The van der Waals surface area contributed by atoms with E-state index in [1.165, 1.54) is 51.6 Å². The van der Waals surface area contributed by atoms with Crippen molar-refractivity contribution in [1.82, 2.24) is 4.90 Å². The fraction of sp³-hybridized carbons (Fsp3) is 0.778. The Kier molecular flexibility index (Phi) is 5.86. The third kappa shape index (κ3) is 4.46. The highest BCUT2D eigenvalue weighted by Crippen LogP contribution is 2.39. The van der Waals surface area contributed by atoms with Gasteiger partial charge < -0.3 is 10.6 Å². The monoisotopic (exact) mass is 276 g/mol. The molecule has 2 N–H and O–H groups in total. The van der Waals surface area contributed by atoms with Gasteiger partial charge in [0.1, 0.15) is 0 Å². The summed E-state index contributed by atoms with van der Waals surface area (Å²) in [4.78, 5) is 2.52. The smallest absolute Gasteiger partial charge is 0.0105 e. The highest BCUT2D eigenvalue weighted by molar-refractivity contribution is 5.26. The van der Waals surface area contributed by atoms with Crippen LogP contribution >= 0.6 is 0 Å². The first kappa shape index (κ1) is 15.8. The first-order valence-electron chi connectivity index (χ1n) is 8.46. The summed E-state index contributed by atoms with van der Waals surface area (Å²) in [6, 6.07) is 0. The second kappa shape index (κ2) is 7.42. The molecule has 1 unspecified atom stereocenters. The SMILES string of the molecule is CCCC1=CCC(C)(CC2CCN(CCN)CC2)C=C1. The molecule has 2 aliphatic rings. The van der Waals surface area contributed by atoms with Crippen molar-refractivity contribution < 1.29 is 0 Å². The van der Waals surface area contributed by atoms with Gasteiger partial charge in [0, 0.05) is 13.1 Å². The average molecular weight is 276 g/mol. The topological polar surface area (TPSA) is 29.3 Å². The zero-order valence-electron chi connectivity index (χ0n) is 13.4. The summed E-state index contributed by atoms with van der Waals surface area (Å²) in [6.07, 6.45) is 15.2. The van der Waals surface area contributed by atoms with Gasteiger partial charge in [0.25, 0.3) is 0 Å². The molecule has 2 heteroatoms. The second-order valence-corrected chi connectivity index (χ2v) is 7.00. The van der Waals surface area contributed by atoms with E-state index in [-0.39, 0.29) is 0 Å². The summed E-state index contributed by atoms with van der Waals surface area (Å²) in [6.45, 7) is 9.08. The summed E-state index contributed by atoms with van der Waals surface area (Å²) in [5.74, 6) is 0.903. The lowest BCUT2D eigenvalue weighted by atomic mass is 9.73. The van der Waals surface area contributed by atoms with Crippen LogP contribution in [0.3, 0.4) is 0 Å². The molecule has 2 rings (SSSR count). The maximum Gasteiger partial charge on any atom is 0.0105 e. The Morgan fingerprint density at radius 2 is 2.10 bits per heavy atom. The minimum Gasteiger partial charge on any atom is -0.329 e. The van der Waals surface area contributed by atoms with Gasteiger partial charge in [0.05, 0.1) is 0 Å². The summed E-state index contributed by atoms with van der Waals surface area (Å²) in [5, 5.41) is 0. The van der Waals surface area contributed by atoms with Crippen molar-refractivity contribution >= 4 is 0 Å². The molecule has 1 saturated heterocycles. The molecule has 1 aliphatic carbocycles. The van der Waals surface area contributed by atoms with Crippen molar-refractivity contribution in [2.75, 3.05) is 26.2 Å². The van der Waals surface area contributed by atoms with Crippen LogP contribution < -0.4 is 5.73 Å². The molecule has 0 saturated carbocycles. The van der Waals surface area contributed by atoms with Gasteiger partial charge in [-0.15, -0.1) is 0 Å². The maximum absolute atomic E-state index is 5.64. The standard InChI is InChI=1S/C18H32N2/c1-3-4-16-5-9-18(2,10-6-16)15-17-7-12-20(13-8-17)14-11-19/h5-6,9,17H,3-4,7-8,10-15,19H2,1-2H3. The van der Waals surface area contributed by atoms with Crippen molar-refractivity contribution in [2.45, 2.75) is 52.4 Å². The van der Waals surface area contributed by atoms with Crippen LogP contribution in [0.5, 0.6) is 0 Å². The lowest BCUT2D eigenvalue weighted by Gasteiger charge is -2.37. The number of likely N-dealkylation sites (tertiary alicyclic amines) is 1. The van der Waals surface area contributed by atoms with E-state index in [0.717, 1.165) is 19.0 Å². The molecule has 1 atom stereocenters. The van der Waals surface area contributed by atoms with Crippen LogP contribution in [0.2, 0.25) is 0 Å². The van der Waals surface area contributed by atoms with Gasteiger partial charge in [0.2, 0.25) is 0 Å². The third-order valence-electron chi connectivity index (χ3n) is 4.98. The zero-order valence-corrected chi connectivity index (χ0v) is 13.4. The van der Waals surface area contributed by atoms with Crippen molar-refractivity contribution in [2.24, 2.45) is 17.1 Å². The molecule has 114 valence electrons. The predicted molar refractivity (Wildman–Crippen MR) is 87.7 cm³/mol. The van der Waals surface area contributed by atoms with E-state index in [9.17, 15) is 0 Å². The van der Waals surface area contributed by atoms with Crippen LogP contribution in [-0.4, -0.2) is 31.1 Å². The quantitative estimate of drug-likeness (QED) is 0.801. The maximum atomic E-state index is 5.64. The Labute approximate surface area is 125 Å². The number of allylic oxidation sites excluding steroid dienone is 4. The number of nitrogens with zero attached hydrogens (tertiary/aromatic N) is 1. The number of nitrogens with two attached hydrogens (primary N) is 1. The van der Waals surface area contributed by atoms with Gasteiger partial charge >= 0.3 is 0 Å². The molecule has 0 amide bonds. The van der Waals surface area contributed by atoms with Crippen LogP contribution in [0.4, 0.5) is 0 Å². The molecule has 1 heterocycles. The van der Waals surface area contributed by atoms with Gasteiger partial charge in [0.15, 0.2) is 0 Å². The van der Waals surface area contributed by atoms with Crippen molar-refractivity contribution in [1.29, 1.82) is 0 Å². The van der Waals surface area contributed by atoms with Crippen molar-refractivity contribution in [3.63, 3.8) is 0 Å². The molecule has 1 fully saturated rings. The molecular formula is C18H32N2. The van der Waals surface area contributed by atoms with E-state index in [4.69, 9.17) is 5.73 Å². The van der Waals surface area contributed by atoms with E-state index >= 15 is 0 Å². The largest absolute Gasteiger partial charge is 0.329 e. The molecule has 0 radical (unpaired) electrons. The first-order valence-corrected chi connectivity index (χ1v) is 8.46. The number of hydrogen-bond acceptors (Lipinski definition) is 2. The van der Waals surface area contributed by atoms with Crippen molar-refractivity contribution in [3.05, 3.63) is 23.8 Å². The van der Waals surface area contributed by atoms with E-state index < -0.39 is 0 Å². The molecule has 2 nitrogen and oxygen atoms in total. The van der Waals surface area contributed by atoms with Gasteiger partial charge in [-0.05, 0) is 56.5 Å². The van der Waals surface area contributed by atoms with Crippen LogP contribution in [0, 0.1) is 11.3 Å². The summed E-state index contributed by atoms with van der Waals surface area (Å²) in [5.41, 5.74) is 7.59. The lowest BCUT2D eigenvalue weighted by Crippen LogP contribution is -2.38. The molecule has 0 aromatic carbocycles. The Bertz CT molecular complexity index is 350. The predicted octanol–water partition coefficient (Wildman–Crippen LogP) is 3.74. The minimum atomic E-state index is 0.401. The first-order chi connectivity index (χ1) is 9.65. The van der Waals surface area contributed by atoms with Crippen LogP contribution in [0.15, 0.2) is 23.8 Å². The summed E-state index contributed by atoms with van der Waals surface area (Å²) >= 11 is 0. The Balaban J connectivity index is 1.79. The van der Waals surface area contributed by atoms with Crippen LogP contribution in [0.25, 0.3) is 0 Å². The fourth-order valence-electron chi connectivity index (χ4n) is 3.69. The molecule has 0 bridgehead atoms. The Hall–Kier alpha value is -0.600. The number of piperidine rings is 1. The molecule has 0 aromatic heterocycles. The minimum absolute atomic E-state index is 0.401. The normalized spacial score (nSPS) is 28.6. The van der Waals surface area contributed by atoms with Gasteiger partial charge in [-0.2, -0.15) is 0 Å². The van der Waals surface area contributed by atoms with Crippen LogP contribution in [-0.2, 0) is 0 Å². The van der Waals surface area contributed by atoms with E-state index in [1.54, 1.807) is 5.57 Å². The molecular weight excluding hydrogens is 244 g/mol. The summed E-state index contributed by atoms with van der Waals surface area (Å²) < 4.78 is 0. The van der Waals surface area contributed by atoms with E-state index in [1.807, 2.05) is 0 Å². The second-order valence-electron chi connectivity index (χ2n) is 7.00.